The molecule has 3 atom stereocenters. The highest BCUT2D eigenvalue weighted by atomic mass is 16.5. The van der Waals surface area contributed by atoms with Gasteiger partial charge in [0.25, 0.3) is 0 Å². The molecular weight excluding hydrogens is 420 g/mol. The van der Waals surface area contributed by atoms with Gasteiger partial charge >= 0.3 is 12.1 Å². The lowest BCUT2D eigenvalue weighted by atomic mass is 9.98. The first-order valence-corrected chi connectivity index (χ1v) is 11.5. The van der Waals surface area contributed by atoms with Gasteiger partial charge in [0.15, 0.2) is 0 Å². The van der Waals surface area contributed by atoms with E-state index in [0.29, 0.717) is 0 Å². The van der Waals surface area contributed by atoms with Crippen molar-refractivity contribution in [3.05, 3.63) is 59.7 Å². The molecule has 0 radical (unpaired) electrons. The van der Waals surface area contributed by atoms with Crippen molar-refractivity contribution in [2.24, 2.45) is 5.92 Å². The molecule has 3 N–H and O–H groups in total. The van der Waals surface area contributed by atoms with Gasteiger partial charge in [-0.2, -0.15) is 0 Å². The van der Waals surface area contributed by atoms with Gasteiger partial charge in [0.1, 0.15) is 6.61 Å². The number of ether oxygens (including phenoxy) is 1. The smallest absolute Gasteiger partial charge is 0.407 e. The van der Waals surface area contributed by atoms with Gasteiger partial charge in [-0.1, -0.05) is 55.0 Å². The van der Waals surface area contributed by atoms with Gasteiger partial charge in [-0.3, -0.25) is 9.59 Å². The van der Waals surface area contributed by atoms with E-state index < -0.39 is 18.1 Å². The third-order valence-corrected chi connectivity index (χ3v) is 6.64. The Morgan fingerprint density at radius 1 is 1.03 bits per heavy atom. The molecular formula is C26H30N2O5. The molecule has 174 valence electrons. The molecule has 7 nitrogen and oxygen atoms in total. The number of amides is 2. The molecule has 0 aliphatic heterocycles. The topological polar surface area (TPSA) is 105 Å². The molecule has 33 heavy (non-hydrogen) atoms. The van der Waals surface area contributed by atoms with Crippen molar-refractivity contribution in [1.82, 2.24) is 10.6 Å². The van der Waals surface area contributed by atoms with E-state index in [-0.39, 0.29) is 43.2 Å². The van der Waals surface area contributed by atoms with Crippen LogP contribution in [0, 0.1) is 5.92 Å². The van der Waals surface area contributed by atoms with E-state index in [4.69, 9.17) is 9.84 Å². The van der Waals surface area contributed by atoms with Crippen LogP contribution in [0.2, 0.25) is 0 Å². The van der Waals surface area contributed by atoms with Crippen molar-refractivity contribution < 1.29 is 24.2 Å². The summed E-state index contributed by atoms with van der Waals surface area (Å²) in [6.07, 6.45) is 2.25. The number of carbonyl (C=O) groups is 3. The van der Waals surface area contributed by atoms with E-state index in [1.165, 1.54) is 11.1 Å². The largest absolute Gasteiger partial charge is 0.481 e. The Morgan fingerprint density at radius 3 is 2.30 bits per heavy atom. The molecule has 0 aromatic heterocycles. The summed E-state index contributed by atoms with van der Waals surface area (Å²) < 4.78 is 5.65. The van der Waals surface area contributed by atoms with E-state index in [2.05, 4.69) is 34.9 Å². The molecule has 1 saturated carbocycles. The summed E-state index contributed by atoms with van der Waals surface area (Å²) in [4.78, 5) is 35.7. The fourth-order valence-electron chi connectivity index (χ4n) is 5.15. The monoisotopic (exact) mass is 450 g/mol. The average Bonchev–Trinajstić information content (AvgIpc) is 3.33. The van der Waals surface area contributed by atoms with E-state index >= 15 is 0 Å². The third-order valence-electron chi connectivity index (χ3n) is 6.64. The van der Waals surface area contributed by atoms with Crippen molar-refractivity contribution in [1.29, 1.82) is 0 Å². The van der Waals surface area contributed by atoms with E-state index in [0.717, 1.165) is 30.4 Å². The molecule has 7 heteroatoms. The first-order valence-electron chi connectivity index (χ1n) is 11.5. The zero-order valence-corrected chi connectivity index (χ0v) is 18.8. The second-order valence-corrected chi connectivity index (χ2v) is 9.04. The number of hydrogen-bond donors (Lipinski definition) is 3. The predicted molar refractivity (Wildman–Crippen MR) is 124 cm³/mol. The molecule has 0 spiro atoms. The van der Waals surface area contributed by atoms with Crippen LogP contribution in [0.25, 0.3) is 11.1 Å². The summed E-state index contributed by atoms with van der Waals surface area (Å²) in [5.74, 6) is -1.11. The lowest BCUT2D eigenvalue weighted by Crippen LogP contribution is -2.41. The molecule has 2 aliphatic rings. The maximum Gasteiger partial charge on any atom is 0.407 e. The van der Waals surface area contributed by atoms with Gasteiger partial charge in [0.05, 0.1) is 6.42 Å². The summed E-state index contributed by atoms with van der Waals surface area (Å²) in [7, 11) is 0. The maximum absolute atomic E-state index is 12.6. The van der Waals surface area contributed by atoms with Crippen LogP contribution in [-0.4, -0.2) is 41.8 Å². The number of carboxylic acid groups (broad SMARTS) is 1. The molecule has 2 aromatic carbocycles. The van der Waals surface area contributed by atoms with Gasteiger partial charge in [0.2, 0.25) is 5.91 Å². The lowest BCUT2D eigenvalue weighted by Gasteiger charge is -2.22. The number of aliphatic carboxylic acids is 1. The minimum absolute atomic E-state index is 0.00373. The molecule has 1 fully saturated rings. The van der Waals surface area contributed by atoms with Crippen molar-refractivity contribution in [2.75, 3.05) is 6.61 Å². The van der Waals surface area contributed by atoms with E-state index in [1.807, 2.05) is 24.3 Å². The highest BCUT2D eigenvalue weighted by Crippen LogP contribution is 2.44. The maximum atomic E-state index is 12.6. The standard InChI is InChI=1S/C26H30N2O5/c1-16(13-25(30)31)27-24(29)14-17-7-6-12-23(17)28-26(32)33-15-22-20-10-4-2-8-18(20)19-9-3-5-11-21(19)22/h2-5,8-11,16-17,22-23H,6-7,12-15H2,1H3,(H,27,29)(H,28,32)(H,30,31)/t16-,17?,23?/m1/s1. The van der Waals surface area contributed by atoms with Crippen molar-refractivity contribution in [3.8, 4) is 11.1 Å². The summed E-state index contributed by atoms with van der Waals surface area (Å²) in [5, 5.41) is 14.5. The minimum atomic E-state index is -0.946. The first-order chi connectivity index (χ1) is 15.9. The van der Waals surface area contributed by atoms with Crippen molar-refractivity contribution in [3.63, 3.8) is 0 Å². The molecule has 2 aromatic rings. The Bertz CT molecular complexity index is 991. The summed E-state index contributed by atoms with van der Waals surface area (Å²) >= 11 is 0. The van der Waals surface area contributed by atoms with Crippen LogP contribution in [0.1, 0.15) is 56.1 Å². The van der Waals surface area contributed by atoms with Crippen molar-refractivity contribution >= 4 is 18.0 Å². The second-order valence-electron chi connectivity index (χ2n) is 9.04. The average molecular weight is 451 g/mol. The number of benzene rings is 2. The number of alkyl carbamates (subject to hydrolysis) is 1. The summed E-state index contributed by atoms with van der Waals surface area (Å²) in [5.41, 5.74) is 4.69. The number of carbonyl (C=O) groups excluding carboxylic acids is 2. The minimum Gasteiger partial charge on any atom is -0.481 e. The molecule has 4 rings (SSSR count). The van der Waals surface area contributed by atoms with E-state index in [9.17, 15) is 14.4 Å². The molecule has 0 heterocycles. The lowest BCUT2D eigenvalue weighted by molar-refractivity contribution is -0.137. The van der Waals surface area contributed by atoms with Gasteiger partial charge in [-0.05, 0) is 47.9 Å². The number of fused-ring (bicyclic) bond motifs is 3. The molecule has 2 amide bonds. The zero-order valence-electron chi connectivity index (χ0n) is 18.8. The predicted octanol–water partition coefficient (Wildman–Crippen LogP) is 4.06. The Balaban J connectivity index is 1.31. The fraction of sp³-hybridized carbons (Fsp3) is 0.423. The van der Waals surface area contributed by atoms with Gasteiger partial charge < -0.3 is 20.5 Å². The van der Waals surface area contributed by atoms with Crippen LogP contribution in [-0.2, 0) is 14.3 Å². The highest BCUT2D eigenvalue weighted by molar-refractivity contribution is 5.79. The van der Waals surface area contributed by atoms with Crippen LogP contribution < -0.4 is 10.6 Å². The van der Waals surface area contributed by atoms with Gasteiger partial charge in [0, 0.05) is 24.4 Å². The Labute approximate surface area is 193 Å². The quantitative estimate of drug-likeness (QED) is 0.563. The number of hydrogen-bond acceptors (Lipinski definition) is 4. The Morgan fingerprint density at radius 2 is 1.67 bits per heavy atom. The second kappa shape index (κ2) is 10.1. The first kappa shape index (κ1) is 22.8. The van der Waals surface area contributed by atoms with Crippen molar-refractivity contribution in [2.45, 2.75) is 57.0 Å². The SMILES string of the molecule is C[C@H](CC(=O)O)NC(=O)CC1CCCC1NC(=O)OCC1c2ccccc2-c2ccccc21. The van der Waals surface area contributed by atoms with Crippen LogP contribution in [0.3, 0.4) is 0 Å². The molecule has 0 saturated heterocycles. The van der Waals surface area contributed by atoms with Crippen LogP contribution in [0.4, 0.5) is 4.79 Å². The molecule has 2 unspecified atom stereocenters. The summed E-state index contributed by atoms with van der Waals surface area (Å²) in [6, 6.07) is 15.9. The van der Waals surface area contributed by atoms with E-state index in [1.54, 1.807) is 6.92 Å². The van der Waals surface area contributed by atoms with Crippen LogP contribution >= 0.6 is 0 Å². The van der Waals surface area contributed by atoms with Crippen LogP contribution in [0.5, 0.6) is 0 Å². The molecule has 2 aliphatic carbocycles. The third kappa shape index (κ3) is 5.35. The molecule has 0 bridgehead atoms. The number of carboxylic acids is 1. The van der Waals surface area contributed by atoms with Gasteiger partial charge in [-0.25, -0.2) is 4.79 Å². The number of rotatable bonds is 8. The Hall–Kier alpha value is -3.35. The Kier molecular flexibility index (Phi) is 6.96. The fourth-order valence-corrected chi connectivity index (χ4v) is 5.15. The normalized spacial score (nSPS) is 19.9. The zero-order chi connectivity index (χ0) is 23.4. The highest BCUT2D eigenvalue weighted by Gasteiger charge is 2.32. The number of nitrogens with one attached hydrogen (secondary N) is 2. The van der Waals surface area contributed by atoms with Gasteiger partial charge in [-0.15, -0.1) is 0 Å². The summed E-state index contributed by atoms with van der Waals surface area (Å²) in [6.45, 7) is 1.93. The van der Waals surface area contributed by atoms with Crippen LogP contribution in [0.15, 0.2) is 48.5 Å².